The van der Waals surface area contributed by atoms with Crippen LogP contribution >= 0.6 is 0 Å². The van der Waals surface area contributed by atoms with Gasteiger partial charge >= 0.3 is 5.97 Å². The van der Waals surface area contributed by atoms with Crippen LogP contribution in [0.25, 0.3) is 0 Å². The molecule has 8 heteroatoms. The Hall–Kier alpha value is -1.15. The number of carbonyl (C=O) groups excluding carboxylic acids is 2. The molecular formula is C8H16N2O5S. The maximum atomic E-state index is 11.5. The first-order valence-corrected chi connectivity index (χ1v) is 6.19. The Morgan fingerprint density at radius 2 is 1.94 bits per heavy atom. The normalized spacial score (nSPS) is 11.4. The van der Waals surface area contributed by atoms with Gasteiger partial charge in [-0.25, -0.2) is 8.42 Å². The molecule has 0 unspecified atom stereocenters. The third-order valence-electron chi connectivity index (χ3n) is 1.86. The van der Waals surface area contributed by atoms with E-state index in [0.29, 0.717) is 0 Å². The van der Waals surface area contributed by atoms with Gasteiger partial charge in [0.2, 0.25) is 15.9 Å². The lowest BCUT2D eigenvalue weighted by molar-refractivity contribution is -0.140. The number of primary amides is 1. The van der Waals surface area contributed by atoms with Gasteiger partial charge in [-0.2, -0.15) is 4.31 Å². The van der Waals surface area contributed by atoms with E-state index in [9.17, 15) is 18.0 Å². The average molecular weight is 252 g/mol. The molecule has 0 heterocycles. The van der Waals surface area contributed by atoms with E-state index in [1.807, 2.05) is 0 Å². The third kappa shape index (κ3) is 5.66. The molecule has 0 spiro atoms. The Labute approximate surface area is 94.6 Å². The Morgan fingerprint density at radius 1 is 1.38 bits per heavy atom. The maximum absolute atomic E-state index is 11.5. The van der Waals surface area contributed by atoms with Crippen molar-refractivity contribution in [2.45, 2.75) is 12.8 Å². The van der Waals surface area contributed by atoms with Crippen molar-refractivity contribution < 1.29 is 22.7 Å². The van der Waals surface area contributed by atoms with Gasteiger partial charge in [0.1, 0.15) is 0 Å². The Balaban J connectivity index is 4.14. The average Bonchev–Trinajstić information content (AvgIpc) is 2.16. The zero-order valence-corrected chi connectivity index (χ0v) is 10.1. The van der Waals surface area contributed by atoms with Crippen LogP contribution < -0.4 is 5.73 Å². The molecule has 0 fully saturated rings. The number of amides is 1. The first-order chi connectivity index (χ1) is 7.29. The molecule has 0 aromatic carbocycles. The summed E-state index contributed by atoms with van der Waals surface area (Å²) in [6.07, 6.45) is 0.179. The van der Waals surface area contributed by atoms with Crippen LogP contribution in [-0.2, 0) is 24.3 Å². The standard InChI is InChI=1S/C8H16N2O5S/c1-10(6-7(9)11)16(13,14)5-3-4-8(12)15-2/h3-6H2,1-2H3,(H2,9,11). The molecule has 0 aliphatic rings. The van der Waals surface area contributed by atoms with Gasteiger partial charge in [-0.15, -0.1) is 0 Å². The molecule has 0 aromatic heterocycles. The van der Waals surface area contributed by atoms with Gasteiger partial charge in [0, 0.05) is 13.5 Å². The largest absolute Gasteiger partial charge is 0.469 e. The zero-order valence-electron chi connectivity index (χ0n) is 9.30. The van der Waals surface area contributed by atoms with Gasteiger partial charge in [-0.3, -0.25) is 9.59 Å². The molecular weight excluding hydrogens is 236 g/mol. The number of nitrogens with zero attached hydrogens (tertiary/aromatic N) is 1. The van der Waals surface area contributed by atoms with Crippen LogP contribution in [0.2, 0.25) is 0 Å². The Kier molecular flexibility index (Phi) is 5.97. The second kappa shape index (κ2) is 6.44. The van der Waals surface area contributed by atoms with E-state index in [4.69, 9.17) is 5.73 Å². The van der Waals surface area contributed by atoms with Gasteiger partial charge < -0.3 is 10.5 Å². The highest BCUT2D eigenvalue weighted by molar-refractivity contribution is 7.89. The summed E-state index contributed by atoms with van der Waals surface area (Å²) >= 11 is 0. The number of hydrogen-bond donors (Lipinski definition) is 1. The summed E-state index contributed by atoms with van der Waals surface area (Å²) in [6, 6.07) is 0. The summed E-state index contributed by atoms with van der Waals surface area (Å²) < 4.78 is 28.2. The molecule has 0 atom stereocenters. The third-order valence-corrected chi connectivity index (χ3v) is 3.75. The summed E-state index contributed by atoms with van der Waals surface area (Å²) in [5, 5.41) is 0. The highest BCUT2D eigenvalue weighted by Gasteiger charge is 2.19. The molecule has 0 saturated heterocycles. The number of esters is 1. The van der Waals surface area contributed by atoms with Crippen molar-refractivity contribution in [2.24, 2.45) is 5.73 Å². The topological polar surface area (TPSA) is 107 Å². The second-order valence-corrected chi connectivity index (χ2v) is 5.41. The van der Waals surface area contributed by atoms with Crippen LogP contribution in [0.1, 0.15) is 12.8 Å². The van der Waals surface area contributed by atoms with Gasteiger partial charge in [0.05, 0.1) is 19.4 Å². The molecule has 94 valence electrons. The number of ether oxygens (including phenoxy) is 1. The monoisotopic (exact) mass is 252 g/mol. The van der Waals surface area contributed by atoms with Crippen molar-refractivity contribution >= 4 is 21.9 Å². The molecule has 0 bridgehead atoms. The van der Waals surface area contributed by atoms with E-state index < -0.39 is 21.9 Å². The highest BCUT2D eigenvalue weighted by atomic mass is 32.2. The molecule has 7 nitrogen and oxygen atoms in total. The van der Waals surface area contributed by atoms with Crippen molar-refractivity contribution in [3.8, 4) is 0 Å². The van der Waals surface area contributed by atoms with Gasteiger partial charge in [0.15, 0.2) is 0 Å². The first-order valence-electron chi connectivity index (χ1n) is 4.58. The number of methoxy groups -OCH3 is 1. The van der Waals surface area contributed by atoms with Crippen LogP contribution in [0, 0.1) is 0 Å². The summed E-state index contributed by atoms with van der Waals surface area (Å²) in [4.78, 5) is 21.3. The molecule has 0 aliphatic carbocycles. The molecule has 0 saturated carbocycles. The Bertz CT molecular complexity index is 351. The van der Waals surface area contributed by atoms with Crippen LogP contribution in [0.3, 0.4) is 0 Å². The molecule has 16 heavy (non-hydrogen) atoms. The van der Waals surface area contributed by atoms with E-state index in [2.05, 4.69) is 4.74 Å². The second-order valence-electron chi connectivity index (χ2n) is 3.22. The minimum absolute atomic E-state index is 0.0279. The predicted molar refractivity (Wildman–Crippen MR) is 56.9 cm³/mol. The zero-order chi connectivity index (χ0) is 12.8. The number of rotatable bonds is 7. The lowest BCUT2D eigenvalue weighted by atomic mass is 10.3. The number of sulfonamides is 1. The number of hydrogen-bond acceptors (Lipinski definition) is 5. The quantitative estimate of drug-likeness (QED) is 0.566. The van der Waals surface area contributed by atoms with Crippen LogP contribution in [0.5, 0.6) is 0 Å². The molecule has 2 N–H and O–H groups in total. The maximum Gasteiger partial charge on any atom is 0.305 e. The van der Waals surface area contributed by atoms with Crippen molar-refractivity contribution in [1.82, 2.24) is 4.31 Å². The number of carbonyl (C=O) groups is 2. The Morgan fingerprint density at radius 3 is 2.38 bits per heavy atom. The van der Waals surface area contributed by atoms with E-state index in [1.165, 1.54) is 14.2 Å². The lowest BCUT2D eigenvalue weighted by Gasteiger charge is -2.14. The van der Waals surface area contributed by atoms with Crippen molar-refractivity contribution in [2.75, 3.05) is 26.5 Å². The van der Waals surface area contributed by atoms with E-state index >= 15 is 0 Å². The molecule has 0 aromatic rings. The van der Waals surface area contributed by atoms with E-state index in [-0.39, 0.29) is 25.1 Å². The fourth-order valence-corrected chi connectivity index (χ4v) is 2.12. The summed E-state index contributed by atoms with van der Waals surface area (Å²) in [6.45, 7) is -0.361. The van der Waals surface area contributed by atoms with Crippen molar-refractivity contribution in [3.63, 3.8) is 0 Å². The lowest BCUT2D eigenvalue weighted by Crippen LogP contribution is -2.36. The van der Waals surface area contributed by atoms with Crippen molar-refractivity contribution in [1.29, 1.82) is 0 Å². The number of likely N-dealkylation sites (N-methyl/N-ethyl adjacent to an activating group) is 1. The van der Waals surface area contributed by atoms with Crippen LogP contribution in [0.15, 0.2) is 0 Å². The minimum Gasteiger partial charge on any atom is -0.469 e. The van der Waals surface area contributed by atoms with Crippen LogP contribution in [0.4, 0.5) is 0 Å². The molecule has 0 rings (SSSR count). The smallest absolute Gasteiger partial charge is 0.305 e. The molecule has 0 aliphatic heterocycles. The molecule has 1 amide bonds. The first kappa shape index (κ1) is 14.8. The van der Waals surface area contributed by atoms with Gasteiger partial charge in [-0.1, -0.05) is 0 Å². The van der Waals surface area contributed by atoms with Gasteiger partial charge in [0.25, 0.3) is 0 Å². The van der Waals surface area contributed by atoms with Gasteiger partial charge in [-0.05, 0) is 6.42 Å². The fraction of sp³-hybridized carbons (Fsp3) is 0.750. The van der Waals surface area contributed by atoms with E-state index in [0.717, 1.165) is 4.31 Å². The molecule has 0 radical (unpaired) electrons. The summed E-state index contributed by atoms with van der Waals surface area (Å²) in [5.74, 6) is -1.40. The number of nitrogens with two attached hydrogens (primary N) is 1. The highest BCUT2D eigenvalue weighted by Crippen LogP contribution is 2.02. The van der Waals surface area contributed by atoms with E-state index in [1.54, 1.807) is 0 Å². The predicted octanol–water partition coefficient (Wildman–Crippen LogP) is -1.31. The summed E-state index contributed by atoms with van der Waals surface area (Å²) in [5.41, 5.74) is 4.87. The summed E-state index contributed by atoms with van der Waals surface area (Å²) in [7, 11) is -1.04. The van der Waals surface area contributed by atoms with Crippen LogP contribution in [-0.4, -0.2) is 51.1 Å². The fourth-order valence-electron chi connectivity index (χ4n) is 0.975. The SMILES string of the molecule is COC(=O)CCCS(=O)(=O)N(C)CC(N)=O. The minimum atomic E-state index is -3.53. The van der Waals surface area contributed by atoms with Crippen molar-refractivity contribution in [3.05, 3.63) is 0 Å².